The van der Waals surface area contributed by atoms with Crippen LogP contribution in [0.1, 0.15) is 29.7 Å². The van der Waals surface area contributed by atoms with Gasteiger partial charge in [0.25, 0.3) is 0 Å². The van der Waals surface area contributed by atoms with Gasteiger partial charge in [0.05, 0.1) is 22.7 Å². The first kappa shape index (κ1) is 14.8. The van der Waals surface area contributed by atoms with Gasteiger partial charge >= 0.3 is 0 Å². The molecule has 0 spiro atoms. The van der Waals surface area contributed by atoms with E-state index in [4.69, 9.17) is 5.26 Å². The first-order valence-corrected chi connectivity index (χ1v) is 8.62. The number of fused-ring (bicyclic) bond motifs is 1. The quantitative estimate of drug-likeness (QED) is 0.927. The van der Waals surface area contributed by atoms with Gasteiger partial charge in [-0.15, -0.1) is 0 Å². The van der Waals surface area contributed by atoms with Gasteiger partial charge in [0.1, 0.15) is 0 Å². The Morgan fingerprint density at radius 1 is 1.36 bits per heavy atom. The van der Waals surface area contributed by atoms with Crippen LogP contribution in [0.25, 0.3) is 0 Å². The molecule has 114 valence electrons. The van der Waals surface area contributed by atoms with Gasteiger partial charge in [-0.05, 0) is 37.5 Å². The number of sulfonamides is 1. The van der Waals surface area contributed by atoms with Gasteiger partial charge in [0.2, 0.25) is 10.0 Å². The molecule has 1 aromatic heterocycles. The largest absolute Gasteiger partial charge is 0.269 e. The summed E-state index contributed by atoms with van der Waals surface area (Å²) in [7, 11) is -3.63. The summed E-state index contributed by atoms with van der Waals surface area (Å²) in [6, 6.07) is 7.94. The van der Waals surface area contributed by atoms with Gasteiger partial charge in [-0.3, -0.25) is 4.68 Å². The molecule has 22 heavy (non-hydrogen) atoms. The molecule has 2 aromatic rings. The van der Waals surface area contributed by atoms with Crippen LogP contribution >= 0.6 is 0 Å². The SMILES string of the molecule is N#Cc1cccc(S(=O)(=O)NCc2cnn3c2CCCC3)c1. The van der Waals surface area contributed by atoms with E-state index >= 15 is 0 Å². The molecule has 0 atom stereocenters. The molecule has 0 fully saturated rings. The molecule has 1 N–H and O–H groups in total. The van der Waals surface area contributed by atoms with Crippen LogP contribution in [0.5, 0.6) is 0 Å². The lowest BCUT2D eigenvalue weighted by atomic mass is 10.1. The maximum Gasteiger partial charge on any atom is 0.240 e. The summed E-state index contributed by atoms with van der Waals surface area (Å²) in [5.41, 5.74) is 2.35. The summed E-state index contributed by atoms with van der Waals surface area (Å²) in [5, 5.41) is 13.2. The zero-order valence-electron chi connectivity index (χ0n) is 12.0. The number of hydrogen-bond donors (Lipinski definition) is 1. The molecule has 1 aliphatic rings. The average Bonchev–Trinajstić information content (AvgIpc) is 2.96. The van der Waals surface area contributed by atoms with Crippen LogP contribution < -0.4 is 4.72 Å². The molecule has 0 saturated heterocycles. The Balaban J connectivity index is 1.78. The molecule has 1 aliphatic heterocycles. The normalized spacial score (nSPS) is 14.3. The predicted octanol–water partition coefficient (Wildman–Crippen LogP) is 1.57. The average molecular weight is 316 g/mol. The Bertz CT molecular complexity index is 833. The Labute approximate surface area is 129 Å². The summed E-state index contributed by atoms with van der Waals surface area (Å²) in [6.07, 6.45) is 4.88. The van der Waals surface area contributed by atoms with E-state index in [1.165, 1.54) is 12.1 Å². The zero-order chi connectivity index (χ0) is 15.6. The number of hydrogen-bond acceptors (Lipinski definition) is 4. The minimum atomic E-state index is -3.63. The summed E-state index contributed by atoms with van der Waals surface area (Å²) >= 11 is 0. The highest BCUT2D eigenvalue weighted by atomic mass is 32.2. The molecule has 0 unspecified atom stereocenters. The third-order valence-corrected chi connectivity index (χ3v) is 5.19. The molecule has 1 aromatic carbocycles. The van der Waals surface area contributed by atoms with E-state index < -0.39 is 10.0 Å². The predicted molar refractivity (Wildman–Crippen MR) is 80.3 cm³/mol. The second kappa shape index (κ2) is 5.91. The van der Waals surface area contributed by atoms with Gasteiger partial charge in [0, 0.05) is 24.3 Å². The number of benzene rings is 1. The number of nitrogens with one attached hydrogen (secondary N) is 1. The molecule has 0 radical (unpaired) electrons. The number of aryl methyl sites for hydroxylation is 1. The minimum absolute atomic E-state index is 0.104. The topological polar surface area (TPSA) is 87.8 Å². The number of nitriles is 1. The lowest BCUT2D eigenvalue weighted by Gasteiger charge is -2.15. The fourth-order valence-corrected chi connectivity index (χ4v) is 3.67. The van der Waals surface area contributed by atoms with Crippen LogP contribution in [-0.2, 0) is 29.5 Å². The summed E-state index contributed by atoms with van der Waals surface area (Å²) in [5.74, 6) is 0. The molecule has 0 bridgehead atoms. The van der Waals surface area contributed by atoms with Crippen molar-refractivity contribution in [2.24, 2.45) is 0 Å². The molecule has 0 saturated carbocycles. The third-order valence-electron chi connectivity index (χ3n) is 3.79. The van der Waals surface area contributed by atoms with E-state index in [1.54, 1.807) is 18.3 Å². The zero-order valence-corrected chi connectivity index (χ0v) is 12.8. The lowest BCUT2D eigenvalue weighted by Crippen LogP contribution is -2.24. The van der Waals surface area contributed by atoms with Crippen molar-refractivity contribution in [1.29, 1.82) is 5.26 Å². The molecule has 0 amide bonds. The van der Waals surface area contributed by atoms with Crippen molar-refractivity contribution in [1.82, 2.24) is 14.5 Å². The van der Waals surface area contributed by atoms with Crippen LogP contribution in [-0.4, -0.2) is 18.2 Å². The highest BCUT2D eigenvalue weighted by molar-refractivity contribution is 7.89. The Kier molecular flexibility index (Phi) is 3.96. The van der Waals surface area contributed by atoms with E-state index in [-0.39, 0.29) is 11.4 Å². The third kappa shape index (κ3) is 2.89. The smallest absolute Gasteiger partial charge is 0.240 e. The second-order valence-corrected chi connectivity index (χ2v) is 7.03. The van der Waals surface area contributed by atoms with E-state index in [1.807, 2.05) is 10.8 Å². The molecule has 2 heterocycles. The van der Waals surface area contributed by atoms with Crippen molar-refractivity contribution in [3.63, 3.8) is 0 Å². The van der Waals surface area contributed by atoms with Crippen LogP contribution in [0.2, 0.25) is 0 Å². The number of rotatable bonds is 4. The molecular formula is C15H16N4O2S. The van der Waals surface area contributed by atoms with Gasteiger partial charge in [-0.1, -0.05) is 6.07 Å². The molecule has 7 heteroatoms. The summed E-state index contributed by atoms with van der Waals surface area (Å²) in [6.45, 7) is 1.11. The molecule has 0 aliphatic carbocycles. The first-order chi connectivity index (χ1) is 10.6. The maximum absolute atomic E-state index is 12.3. The second-order valence-electron chi connectivity index (χ2n) is 5.26. The van der Waals surface area contributed by atoms with E-state index in [9.17, 15) is 8.42 Å². The van der Waals surface area contributed by atoms with Crippen molar-refractivity contribution >= 4 is 10.0 Å². The van der Waals surface area contributed by atoms with E-state index in [2.05, 4.69) is 9.82 Å². The Hall–Kier alpha value is -2.17. The fourth-order valence-electron chi connectivity index (χ4n) is 2.62. The van der Waals surface area contributed by atoms with Crippen LogP contribution in [0.3, 0.4) is 0 Å². The standard InChI is InChI=1S/C15H16N4O2S/c16-9-12-4-3-5-14(8-12)22(20,21)18-11-13-10-17-19-7-2-1-6-15(13)19/h3-5,8,10,18H,1-2,6-7,11H2. The molecular weight excluding hydrogens is 300 g/mol. The summed E-state index contributed by atoms with van der Waals surface area (Å²) in [4.78, 5) is 0.104. The van der Waals surface area contributed by atoms with Crippen LogP contribution in [0.4, 0.5) is 0 Å². The summed E-state index contributed by atoms with van der Waals surface area (Å²) < 4.78 is 29.2. The fraction of sp³-hybridized carbons (Fsp3) is 0.333. The molecule has 3 rings (SSSR count). The highest BCUT2D eigenvalue weighted by Crippen LogP contribution is 2.19. The van der Waals surface area contributed by atoms with Crippen molar-refractivity contribution < 1.29 is 8.42 Å². The minimum Gasteiger partial charge on any atom is -0.269 e. The Morgan fingerprint density at radius 2 is 2.23 bits per heavy atom. The van der Waals surface area contributed by atoms with Gasteiger partial charge < -0.3 is 0 Å². The van der Waals surface area contributed by atoms with Gasteiger partial charge in [-0.2, -0.15) is 10.4 Å². The van der Waals surface area contributed by atoms with Crippen molar-refractivity contribution in [3.05, 3.63) is 47.3 Å². The number of nitrogens with zero attached hydrogens (tertiary/aromatic N) is 3. The van der Waals surface area contributed by atoms with E-state index in [0.29, 0.717) is 5.56 Å². The van der Waals surface area contributed by atoms with Gasteiger partial charge in [-0.25, -0.2) is 13.1 Å². The van der Waals surface area contributed by atoms with Crippen molar-refractivity contribution in [3.8, 4) is 6.07 Å². The van der Waals surface area contributed by atoms with E-state index in [0.717, 1.165) is 37.1 Å². The molecule has 6 nitrogen and oxygen atoms in total. The van der Waals surface area contributed by atoms with Crippen molar-refractivity contribution in [2.75, 3.05) is 0 Å². The van der Waals surface area contributed by atoms with Gasteiger partial charge in [0.15, 0.2) is 0 Å². The first-order valence-electron chi connectivity index (χ1n) is 7.13. The highest BCUT2D eigenvalue weighted by Gasteiger charge is 2.18. The monoisotopic (exact) mass is 316 g/mol. The maximum atomic E-state index is 12.3. The van der Waals surface area contributed by atoms with Crippen LogP contribution in [0, 0.1) is 11.3 Å². The van der Waals surface area contributed by atoms with Crippen molar-refractivity contribution in [2.45, 2.75) is 37.2 Å². The Morgan fingerprint density at radius 3 is 3.05 bits per heavy atom. The number of aromatic nitrogens is 2. The lowest BCUT2D eigenvalue weighted by molar-refractivity contribution is 0.484. The van der Waals surface area contributed by atoms with Crippen LogP contribution in [0.15, 0.2) is 35.4 Å².